The maximum absolute atomic E-state index is 13.1. The van der Waals surface area contributed by atoms with Crippen LogP contribution in [-0.4, -0.2) is 19.8 Å². The summed E-state index contributed by atoms with van der Waals surface area (Å²) in [7, 11) is 0. The lowest BCUT2D eigenvalue weighted by molar-refractivity contribution is 0.307. The third-order valence-corrected chi connectivity index (χ3v) is 4.10. The fourth-order valence-corrected chi connectivity index (χ4v) is 2.78. The van der Waals surface area contributed by atoms with E-state index in [4.69, 9.17) is 18.6 Å². The van der Waals surface area contributed by atoms with E-state index in [0.29, 0.717) is 47.0 Å². The largest absolute Gasteiger partial charge is 0.490 e. The lowest BCUT2D eigenvalue weighted by atomic mass is 10.1. The number of ether oxygens (including phenoxy) is 3. The van der Waals surface area contributed by atoms with Gasteiger partial charge in [-0.1, -0.05) is 50.1 Å². The molecule has 3 rings (SSSR count). The predicted octanol–water partition coefficient (Wildman–Crippen LogP) is 5.15. The molecule has 0 atom stereocenters. The normalized spacial score (nSPS) is 10.3. The van der Waals surface area contributed by atoms with Crippen molar-refractivity contribution >= 4 is 11.0 Å². The number of hydrogen-bond donors (Lipinski definition) is 0. The summed E-state index contributed by atoms with van der Waals surface area (Å²) in [4.78, 5) is 13.1. The van der Waals surface area contributed by atoms with E-state index in [0.717, 1.165) is 5.56 Å². The monoisotopic (exact) mass is 390 g/mol. The summed E-state index contributed by atoms with van der Waals surface area (Å²) >= 11 is 0. The van der Waals surface area contributed by atoms with E-state index in [-0.39, 0.29) is 12.0 Å². The van der Waals surface area contributed by atoms with E-state index in [1.54, 1.807) is 42.5 Å². The Morgan fingerprint density at radius 1 is 0.828 bits per heavy atom. The lowest BCUT2D eigenvalue weighted by Gasteiger charge is -2.13. The van der Waals surface area contributed by atoms with Crippen LogP contribution in [0.3, 0.4) is 0 Å². The van der Waals surface area contributed by atoms with Gasteiger partial charge < -0.3 is 18.6 Å². The Morgan fingerprint density at radius 2 is 1.48 bits per heavy atom. The van der Waals surface area contributed by atoms with E-state index < -0.39 is 0 Å². The van der Waals surface area contributed by atoms with Crippen molar-refractivity contribution in [2.45, 2.75) is 0 Å². The molecule has 0 N–H and O–H groups in total. The number of hydrogen-bond acceptors (Lipinski definition) is 5. The van der Waals surface area contributed by atoms with Crippen molar-refractivity contribution in [2.75, 3.05) is 19.8 Å². The second-order valence-corrected chi connectivity index (χ2v) is 6.07. The molecule has 29 heavy (non-hydrogen) atoms. The van der Waals surface area contributed by atoms with E-state index >= 15 is 0 Å². The van der Waals surface area contributed by atoms with Gasteiger partial charge in [0.1, 0.15) is 31.8 Å². The standard InChI is InChI=1S/C24H22O5/c1-4-13-26-18-9-7-17(8-10-18)20-16-29-23-19(22(20)25)11-12-21(27-14-5-2)24(23)28-15-6-3/h4-12,16H,1-3,13-15H2. The van der Waals surface area contributed by atoms with Crippen LogP contribution in [0.15, 0.2) is 89.8 Å². The van der Waals surface area contributed by atoms with Crippen LogP contribution in [0.25, 0.3) is 22.1 Å². The summed E-state index contributed by atoms with van der Waals surface area (Å²) in [5.74, 6) is 1.53. The Balaban J connectivity index is 2.04. The minimum atomic E-state index is -0.162. The first-order valence-corrected chi connectivity index (χ1v) is 9.09. The van der Waals surface area contributed by atoms with Gasteiger partial charge in [0, 0.05) is 0 Å². The maximum atomic E-state index is 13.1. The summed E-state index contributed by atoms with van der Waals surface area (Å²) in [5, 5.41) is 0.402. The van der Waals surface area contributed by atoms with Gasteiger partial charge in [0.15, 0.2) is 11.3 Å². The Hall–Kier alpha value is -3.73. The van der Waals surface area contributed by atoms with Crippen LogP contribution in [0.1, 0.15) is 0 Å². The minimum absolute atomic E-state index is 0.162. The summed E-state index contributed by atoms with van der Waals surface area (Å²) in [6.45, 7) is 11.9. The second kappa shape index (κ2) is 9.46. The molecule has 0 fully saturated rings. The lowest BCUT2D eigenvalue weighted by Crippen LogP contribution is -2.07. The van der Waals surface area contributed by atoms with Crippen LogP contribution < -0.4 is 19.6 Å². The van der Waals surface area contributed by atoms with Crippen molar-refractivity contribution in [2.24, 2.45) is 0 Å². The molecule has 1 heterocycles. The molecule has 0 aliphatic carbocycles. The Bertz CT molecular complexity index is 1080. The van der Waals surface area contributed by atoms with Crippen LogP contribution in [0.2, 0.25) is 0 Å². The molecule has 0 saturated heterocycles. The van der Waals surface area contributed by atoms with Gasteiger partial charge in [-0.05, 0) is 29.8 Å². The zero-order valence-electron chi connectivity index (χ0n) is 16.1. The first kappa shape index (κ1) is 20.0. The summed E-state index contributed by atoms with van der Waals surface area (Å²) in [6.07, 6.45) is 6.34. The summed E-state index contributed by atoms with van der Waals surface area (Å²) in [6, 6.07) is 10.6. The van der Waals surface area contributed by atoms with Gasteiger partial charge in [0.05, 0.1) is 10.9 Å². The van der Waals surface area contributed by atoms with Crippen LogP contribution in [0.4, 0.5) is 0 Å². The van der Waals surface area contributed by atoms with Crippen LogP contribution in [-0.2, 0) is 0 Å². The first-order valence-electron chi connectivity index (χ1n) is 9.09. The molecule has 0 bridgehead atoms. The average Bonchev–Trinajstić information content (AvgIpc) is 2.75. The Labute approximate surface area is 169 Å². The molecule has 0 aliphatic heterocycles. The molecular formula is C24H22O5. The van der Waals surface area contributed by atoms with E-state index in [2.05, 4.69) is 19.7 Å². The van der Waals surface area contributed by atoms with Crippen LogP contribution in [0.5, 0.6) is 17.2 Å². The van der Waals surface area contributed by atoms with Gasteiger partial charge in [0.25, 0.3) is 0 Å². The molecule has 0 radical (unpaired) electrons. The molecule has 5 heteroatoms. The zero-order chi connectivity index (χ0) is 20.6. The second-order valence-electron chi connectivity index (χ2n) is 6.07. The fraction of sp³-hybridized carbons (Fsp3) is 0.125. The molecule has 148 valence electrons. The van der Waals surface area contributed by atoms with Crippen molar-refractivity contribution < 1.29 is 18.6 Å². The molecular weight excluding hydrogens is 368 g/mol. The third-order valence-electron chi connectivity index (χ3n) is 4.10. The summed E-state index contributed by atoms with van der Waals surface area (Å²) in [5.41, 5.74) is 1.34. The van der Waals surface area contributed by atoms with Crippen LogP contribution in [0, 0.1) is 0 Å². The predicted molar refractivity (Wildman–Crippen MR) is 115 cm³/mol. The van der Waals surface area contributed by atoms with Crippen molar-refractivity contribution in [1.29, 1.82) is 0 Å². The molecule has 0 unspecified atom stereocenters. The quantitative estimate of drug-likeness (QED) is 0.448. The zero-order valence-corrected chi connectivity index (χ0v) is 16.1. The smallest absolute Gasteiger partial charge is 0.205 e. The van der Waals surface area contributed by atoms with Gasteiger partial charge in [-0.3, -0.25) is 4.79 Å². The topological polar surface area (TPSA) is 57.9 Å². The van der Waals surface area contributed by atoms with Crippen LogP contribution >= 0.6 is 0 Å². The third kappa shape index (κ3) is 4.41. The first-order chi connectivity index (χ1) is 14.2. The van der Waals surface area contributed by atoms with E-state index in [1.165, 1.54) is 6.26 Å². The highest BCUT2D eigenvalue weighted by molar-refractivity contribution is 5.88. The Morgan fingerprint density at radius 3 is 2.17 bits per heavy atom. The molecule has 0 aliphatic rings. The maximum Gasteiger partial charge on any atom is 0.205 e. The highest BCUT2D eigenvalue weighted by atomic mass is 16.5. The molecule has 0 saturated carbocycles. The minimum Gasteiger partial charge on any atom is -0.490 e. The molecule has 5 nitrogen and oxygen atoms in total. The van der Waals surface area contributed by atoms with Gasteiger partial charge in [-0.25, -0.2) is 0 Å². The average molecular weight is 390 g/mol. The number of rotatable bonds is 10. The highest BCUT2D eigenvalue weighted by Crippen LogP contribution is 2.36. The summed E-state index contributed by atoms with van der Waals surface area (Å²) < 4.78 is 22.6. The molecule has 3 aromatic rings. The van der Waals surface area contributed by atoms with Crippen molar-refractivity contribution in [3.8, 4) is 28.4 Å². The van der Waals surface area contributed by atoms with E-state index in [1.807, 2.05) is 12.1 Å². The molecule has 1 aromatic heterocycles. The van der Waals surface area contributed by atoms with Gasteiger partial charge in [-0.2, -0.15) is 0 Å². The number of benzene rings is 2. The molecule has 0 amide bonds. The Kier molecular flexibility index (Phi) is 6.53. The van der Waals surface area contributed by atoms with Crippen molar-refractivity contribution in [1.82, 2.24) is 0 Å². The van der Waals surface area contributed by atoms with Gasteiger partial charge in [-0.15, -0.1) is 0 Å². The SMILES string of the molecule is C=CCOc1ccc(-c2coc3c(OCC=C)c(OCC=C)ccc3c2=O)cc1. The molecule has 2 aromatic carbocycles. The van der Waals surface area contributed by atoms with Gasteiger partial charge in [0.2, 0.25) is 11.2 Å². The van der Waals surface area contributed by atoms with Crippen molar-refractivity contribution in [3.63, 3.8) is 0 Å². The molecule has 0 spiro atoms. The fourth-order valence-electron chi connectivity index (χ4n) is 2.78. The van der Waals surface area contributed by atoms with Gasteiger partial charge >= 0.3 is 0 Å². The number of fused-ring (bicyclic) bond motifs is 1. The van der Waals surface area contributed by atoms with E-state index in [9.17, 15) is 4.79 Å². The van der Waals surface area contributed by atoms with Crippen molar-refractivity contribution in [3.05, 3.63) is 90.8 Å². The highest BCUT2D eigenvalue weighted by Gasteiger charge is 2.17.